The van der Waals surface area contributed by atoms with Gasteiger partial charge in [-0.1, -0.05) is 113 Å². The zero-order valence-corrected chi connectivity index (χ0v) is 21.5. The first kappa shape index (κ1) is 25.9. The van der Waals surface area contributed by atoms with Crippen molar-refractivity contribution in [3.05, 3.63) is 88.4 Å². The van der Waals surface area contributed by atoms with Gasteiger partial charge >= 0.3 is 0 Å². The lowest BCUT2D eigenvalue weighted by Crippen LogP contribution is -2.56. The summed E-state index contributed by atoms with van der Waals surface area (Å²) in [5.74, 6) is -0.352. The molecule has 3 aromatic carbocycles. The highest BCUT2D eigenvalue weighted by Crippen LogP contribution is 2.30. The van der Waals surface area contributed by atoms with E-state index < -0.39 is 9.96 Å². The highest BCUT2D eigenvalue weighted by Gasteiger charge is 2.34. The van der Waals surface area contributed by atoms with Crippen molar-refractivity contribution < 1.29 is 4.79 Å². The first-order chi connectivity index (χ1) is 15.6. The predicted molar refractivity (Wildman–Crippen MR) is 144 cm³/mol. The van der Waals surface area contributed by atoms with Crippen LogP contribution in [0.5, 0.6) is 0 Å². The fourth-order valence-corrected chi connectivity index (χ4v) is 3.82. The average molecular weight is 562 g/mol. The minimum Gasteiger partial charge on any atom is -0.339 e. The lowest BCUT2D eigenvalue weighted by atomic mass is 10.0. The van der Waals surface area contributed by atoms with Crippen LogP contribution in [0, 0.1) is 0 Å². The Labute approximate surface area is 222 Å². The third-order valence-corrected chi connectivity index (χ3v) is 5.95. The lowest BCUT2D eigenvalue weighted by molar-refractivity contribution is -0.121. The molecule has 1 atom stereocenters. The van der Waals surface area contributed by atoms with Crippen LogP contribution in [0.3, 0.4) is 0 Å². The Morgan fingerprint density at radius 2 is 1.52 bits per heavy atom. The third kappa shape index (κ3) is 7.92. The third-order valence-electron chi connectivity index (χ3n) is 4.51. The van der Waals surface area contributed by atoms with Gasteiger partial charge in [0.25, 0.3) is 0 Å². The van der Waals surface area contributed by atoms with Crippen molar-refractivity contribution in [2.45, 2.75) is 16.4 Å². The number of halogens is 5. The molecule has 3 aromatic rings. The molecule has 4 nitrogen and oxygen atoms in total. The smallest absolute Gasteiger partial charge is 0.228 e. The van der Waals surface area contributed by atoms with E-state index in [0.29, 0.717) is 15.7 Å². The van der Waals surface area contributed by atoms with Gasteiger partial charge in [0.05, 0.1) is 17.1 Å². The first-order valence-corrected chi connectivity index (χ1v) is 11.9. The molecule has 0 radical (unpaired) electrons. The molecule has 0 saturated heterocycles. The van der Waals surface area contributed by atoms with Crippen molar-refractivity contribution in [2.24, 2.45) is 0 Å². The number of hydrogen-bond donors (Lipinski definition) is 3. The molecule has 0 spiro atoms. The van der Waals surface area contributed by atoms with Crippen LogP contribution in [0.4, 0.5) is 5.69 Å². The standard InChI is InChI=1S/C23H18Cl5N3OS/c24-17-10-11-18(25)19(13-17)29-22(33)31-21(23(26,27)28)30-20(32)12-14-6-8-16(9-7-14)15-4-2-1-3-5-15/h1-11,13,21H,12H2,(H,30,32)(H2,29,31,33). The van der Waals surface area contributed by atoms with Crippen LogP contribution in [0.1, 0.15) is 5.56 Å². The normalized spacial score (nSPS) is 12.0. The molecule has 0 saturated carbocycles. The Kier molecular flexibility index (Phi) is 9.10. The zero-order chi connectivity index (χ0) is 24.0. The Bertz CT molecular complexity index is 1120. The molecule has 1 unspecified atom stereocenters. The maximum Gasteiger partial charge on any atom is 0.228 e. The Balaban J connectivity index is 1.62. The summed E-state index contributed by atoms with van der Waals surface area (Å²) in [5.41, 5.74) is 3.42. The van der Waals surface area contributed by atoms with E-state index >= 15 is 0 Å². The van der Waals surface area contributed by atoms with Gasteiger partial charge in [0.2, 0.25) is 9.70 Å². The quantitative estimate of drug-likeness (QED) is 0.172. The van der Waals surface area contributed by atoms with Crippen LogP contribution in [0.25, 0.3) is 11.1 Å². The minimum atomic E-state index is -1.88. The number of thiocarbonyl (C=S) groups is 1. The van der Waals surface area contributed by atoms with E-state index in [1.54, 1.807) is 18.2 Å². The topological polar surface area (TPSA) is 53.2 Å². The van der Waals surface area contributed by atoms with Gasteiger partial charge in [-0.3, -0.25) is 4.79 Å². The number of alkyl halides is 3. The molecule has 33 heavy (non-hydrogen) atoms. The van der Waals surface area contributed by atoms with Gasteiger partial charge in [-0.2, -0.15) is 0 Å². The Morgan fingerprint density at radius 3 is 2.15 bits per heavy atom. The Morgan fingerprint density at radius 1 is 0.879 bits per heavy atom. The molecule has 3 N–H and O–H groups in total. The van der Waals surface area contributed by atoms with Crippen LogP contribution < -0.4 is 16.0 Å². The van der Waals surface area contributed by atoms with Crippen molar-refractivity contribution in [2.75, 3.05) is 5.32 Å². The molecule has 1 amide bonds. The minimum absolute atomic E-state index is 0.0861. The van der Waals surface area contributed by atoms with Gasteiger partial charge in [0, 0.05) is 5.02 Å². The number of anilines is 1. The van der Waals surface area contributed by atoms with Crippen LogP contribution in [-0.4, -0.2) is 21.0 Å². The molecular formula is C23H18Cl5N3OS. The second-order valence-corrected chi connectivity index (χ2v) is 10.6. The summed E-state index contributed by atoms with van der Waals surface area (Å²) in [4.78, 5) is 12.6. The van der Waals surface area contributed by atoms with Crippen LogP contribution in [-0.2, 0) is 11.2 Å². The van der Waals surface area contributed by atoms with Gasteiger partial charge in [-0.05, 0) is 47.1 Å². The molecule has 0 aliphatic heterocycles. The van der Waals surface area contributed by atoms with Crippen molar-refractivity contribution >= 4 is 86.9 Å². The summed E-state index contributed by atoms with van der Waals surface area (Å²) in [6.45, 7) is 0. The van der Waals surface area contributed by atoms with Crippen LogP contribution >= 0.6 is 70.2 Å². The van der Waals surface area contributed by atoms with Crippen molar-refractivity contribution in [1.29, 1.82) is 0 Å². The molecule has 3 rings (SSSR count). The van der Waals surface area contributed by atoms with Gasteiger partial charge in [-0.15, -0.1) is 0 Å². The molecule has 0 bridgehead atoms. The maximum atomic E-state index is 12.6. The van der Waals surface area contributed by atoms with E-state index in [1.807, 2.05) is 54.6 Å². The second-order valence-electron chi connectivity index (χ2n) is 7.00. The highest BCUT2D eigenvalue weighted by atomic mass is 35.6. The molecule has 0 fully saturated rings. The largest absolute Gasteiger partial charge is 0.339 e. The average Bonchev–Trinajstić information content (AvgIpc) is 2.76. The molecule has 172 valence electrons. The highest BCUT2D eigenvalue weighted by molar-refractivity contribution is 7.80. The van der Waals surface area contributed by atoms with E-state index in [4.69, 9.17) is 70.2 Å². The predicted octanol–water partition coefficient (Wildman–Crippen LogP) is 7.00. The van der Waals surface area contributed by atoms with E-state index in [-0.39, 0.29) is 17.4 Å². The van der Waals surface area contributed by atoms with Crippen LogP contribution in [0.15, 0.2) is 72.8 Å². The summed E-state index contributed by atoms with van der Waals surface area (Å²) in [5, 5.41) is 9.28. The zero-order valence-electron chi connectivity index (χ0n) is 16.9. The number of rotatable bonds is 6. The lowest BCUT2D eigenvalue weighted by Gasteiger charge is -2.28. The molecular weight excluding hydrogens is 544 g/mol. The summed E-state index contributed by atoms with van der Waals surface area (Å²) in [6.07, 6.45) is -1.01. The van der Waals surface area contributed by atoms with Gasteiger partial charge < -0.3 is 16.0 Å². The number of carbonyl (C=O) groups excluding carboxylic acids is 1. The van der Waals surface area contributed by atoms with E-state index in [9.17, 15) is 4.79 Å². The number of hydrogen-bond acceptors (Lipinski definition) is 2. The molecule has 0 aromatic heterocycles. The monoisotopic (exact) mass is 559 g/mol. The van der Waals surface area contributed by atoms with Gasteiger partial charge in [0.1, 0.15) is 6.17 Å². The summed E-state index contributed by atoms with van der Waals surface area (Å²) in [7, 11) is 0. The molecule has 0 heterocycles. The molecule has 0 aliphatic carbocycles. The van der Waals surface area contributed by atoms with Crippen molar-refractivity contribution in [1.82, 2.24) is 10.6 Å². The van der Waals surface area contributed by atoms with Crippen LogP contribution in [0.2, 0.25) is 10.0 Å². The number of benzene rings is 3. The van der Waals surface area contributed by atoms with E-state index in [0.717, 1.165) is 16.7 Å². The Hall–Kier alpha value is -1.73. The summed E-state index contributed by atoms with van der Waals surface area (Å²) in [6, 6.07) is 22.5. The summed E-state index contributed by atoms with van der Waals surface area (Å²) >= 11 is 35.6. The summed E-state index contributed by atoms with van der Waals surface area (Å²) < 4.78 is -1.88. The number of amides is 1. The van der Waals surface area contributed by atoms with E-state index in [1.165, 1.54) is 0 Å². The maximum absolute atomic E-state index is 12.6. The van der Waals surface area contributed by atoms with E-state index in [2.05, 4.69) is 16.0 Å². The van der Waals surface area contributed by atoms with Gasteiger partial charge in [0.15, 0.2) is 5.11 Å². The first-order valence-electron chi connectivity index (χ1n) is 9.65. The number of carbonyl (C=O) groups is 1. The van der Waals surface area contributed by atoms with Crippen molar-refractivity contribution in [3.63, 3.8) is 0 Å². The molecule has 0 aliphatic rings. The van der Waals surface area contributed by atoms with Gasteiger partial charge in [-0.25, -0.2) is 0 Å². The fraction of sp³-hybridized carbons (Fsp3) is 0.130. The molecule has 10 heteroatoms. The SMILES string of the molecule is O=C(Cc1ccc(-c2ccccc2)cc1)NC(NC(=S)Nc1cc(Cl)ccc1Cl)C(Cl)(Cl)Cl. The van der Waals surface area contributed by atoms with Crippen molar-refractivity contribution in [3.8, 4) is 11.1 Å². The fourth-order valence-electron chi connectivity index (χ4n) is 2.93. The number of nitrogens with one attached hydrogen (secondary N) is 3. The second kappa shape index (κ2) is 11.6.